The number of hydrogen-bond donors (Lipinski definition) is 1. The summed E-state index contributed by atoms with van der Waals surface area (Å²) in [6.45, 7) is 2.36. The Hall–Kier alpha value is -3.10. The Balaban J connectivity index is 1.59. The first kappa shape index (κ1) is 27.5. The van der Waals surface area contributed by atoms with Crippen molar-refractivity contribution >= 4 is 35.0 Å². The number of aliphatic hydroxyl groups excluding tert-OH is 1. The van der Waals surface area contributed by atoms with E-state index in [1.165, 1.54) is 0 Å². The van der Waals surface area contributed by atoms with Crippen molar-refractivity contribution in [2.75, 3.05) is 39.5 Å². The van der Waals surface area contributed by atoms with Gasteiger partial charge in [0.25, 0.3) is 5.91 Å². The van der Waals surface area contributed by atoms with Crippen LogP contribution in [0, 0.1) is 0 Å². The molecular formula is C30H30Cl2N2O5. The predicted octanol–water partition coefficient (Wildman–Crippen LogP) is 5.11. The van der Waals surface area contributed by atoms with Crippen molar-refractivity contribution < 1.29 is 24.1 Å². The Kier molecular flexibility index (Phi) is 8.72. The van der Waals surface area contributed by atoms with Crippen LogP contribution >= 0.6 is 23.2 Å². The lowest BCUT2D eigenvalue weighted by Crippen LogP contribution is -2.54. The van der Waals surface area contributed by atoms with Crippen molar-refractivity contribution in [1.82, 2.24) is 4.90 Å². The Morgan fingerprint density at radius 3 is 2.49 bits per heavy atom. The van der Waals surface area contributed by atoms with Crippen molar-refractivity contribution in [3.8, 4) is 5.75 Å². The third-order valence-corrected chi connectivity index (χ3v) is 7.43. The van der Waals surface area contributed by atoms with E-state index >= 15 is 0 Å². The normalized spacial score (nSPS) is 20.8. The zero-order valence-electron chi connectivity index (χ0n) is 21.4. The molecule has 204 valence electrons. The number of nitrogens with zero attached hydrogens (tertiary/aromatic N) is 2. The molecule has 0 spiro atoms. The van der Waals surface area contributed by atoms with Crippen LogP contribution in [0.15, 0.2) is 77.8 Å². The summed E-state index contributed by atoms with van der Waals surface area (Å²) in [4.78, 5) is 21.3. The molecule has 2 aliphatic rings. The standard InChI is InChI=1S/C30H30Cl2N2O5/c31-23-9-12-25(26(32)19-23)27-30(20-21-5-2-1-3-6-21,29(36)34-13-17-37-18-14-34)33-28(39-27)22-7-10-24(11-8-22)38-16-4-15-35/h1-3,5-12,19,27,35H,4,13-18,20H2/t27-,30-/m1/s1. The first-order valence-electron chi connectivity index (χ1n) is 13.0. The maximum absolute atomic E-state index is 14.4. The molecular weight excluding hydrogens is 539 g/mol. The molecule has 7 nitrogen and oxygen atoms in total. The van der Waals surface area contributed by atoms with Gasteiger partial charge in [-0.15, -0.1) is 0 Å². The van der Waals surface area contributed by atoms with Crippen molar-refractivity contribution in [2.24, 2.45) is 4.99 Å². The topological polar surface area (TPSA) is 80.6 Å². The fourth-order valence-corrected chi connectivity index (χ4v) is 5.41. The molecule has 2 aliphatic heterocycles. The van der Waals surface area contributed by atoms with Crippen LogP contribution in [0.2, 0.25) is 10.0 Å². The number of hydrogen-bond acceptors (Lipinski definition) is 6. The molecule has 2 atom stereocenters. The molecule has 3 aromatic carbocycles. The number of rotatable bonds is 9. The van der Waals surface area contributed by atoms with Crippen molar-refractivity contribution in [3.63, 3.8) is 0 Å². The van der Waals surface area contributed by atoms with Crippen molar-refractivity contribution in [1.29, 1.82) is 0 Å². The highest BCUT2D eigenvalue weighted by atomic mass is 35.5. The first-order chi connectivity index (χ1) is 19.0. The second-order valence-electron chi connectivity index (χ2n) is 9.52. The fraction of sp³-hybridized carbons (Fsp3) is 0.333. The molecule has 0 radical (unpaired) electrons. The molecule has 2 heterocycles. The van der Waals surface area contributed by atoms with Gasteiger partial charge in [-0.25, -0.2) is 4.99 Å². The largest absolute Gasteiger partial charge is 0.494 e. The van der Waals surface area contributed by atoms with Crippen LogP contribution in [-0.2, 0) is 20.7 Å². The molecule has 1 fully saturated rings. The SMILES string of the molecule is O=C(N1CCOCC1)[C@]1(Cc2ccccc2)N=C(c2ccc(OCCCO)cc2)O[C@@H]1c1ccc(Cl)cc1Cl. The van der Waals surface area contributed by atoms with Gasteiger partial charge in [0.15, 0.2) is 11.6 Å². The molecule has 1 N–H and O–H groups in total. The molecule has 1 amide bonds. The van der Waals surface area contributed by atoms with Crippen molar-refractivity contribution in [3.05, 3.63) is 99.5 Å². The summed E-state index contributed by atoms with van der Waals surface area (Å²) < 4.78 is 17.8. The zero-order valence-corrected chi connectivity index (χ0v) is 22.9. The monoisotopic (exact) mass is 568 g/mol. The first-order valence-corrected chi connectivity index (χ1v) is 13.7. The molecule has 0 bridgehead atoms. The summed E-state index contributed by atoms with van der Waals surface area (Å²) in [6.07, 6.45) is 0.0833. The number of aliphatic imine (C=N–C) groups is 1. The molecule has 3 aromatic rings. The number of morpholine rings is 1. The average molecular weight is 569 g/mol. The van der Waals surface area contributed by atoms with Crippen LogP contribution < -0.4 is 4.74 Å². The highest BCUT2D eigenvalue weighted by Gasteiger charge is 2.55. The smallest absolute Gasteiger partial charge is 0.255 e. The van der Waals surface area contributed by atoms with Gasteiger partial charge in [0.1, 0.15) is 5.75 Å². The minimum absolute atomic E-state index is 0.0675. The number of carbonyl (C=O) groups excluding carboxylic acids is 1. The van der Waals surface area contributed by atoms with E-state index in [9.17, 15) is 4.79 Å². The molecule has 5 rings (SSSR count). The lowest BCUT2D eigenvalue weighted by atomic mass is 9.81. The summed E-state index contributed by atoms with van der Waals surface area (Å²) >= 11 is 12.9. The highest BCUT2D eigenvalue weighted by molar-refractivity contribution is 6.35. The zero-order chi connectivity index (χ0) is 27.2. The molecule has 0 aliphatic carbocycles. The maximum atomic E-state index is 14.4. The van der Waals surface area contributed by atoms with Crippen LogP contribution in [0.1, 0.15) is 29.2 Å². The molecule has 39 heavy (non-hydrogen) atoms. The second-order valence-corrected chi connectivity index (χ2v) is 10.4. The van der Waals surface area contributed by atoms with Gasteiger partial charge in [-0.05, 0) is 42.0 Å². The third kappa shape index (κ3) is 6.07. The van der Waals surface area contributed by atoms with E-state index in [4.69, 9.17) is 47.5 Å². The number of carbonyl (C=O) groups is 1. The van der Waals surface area contributed by atoms with Gasteiger partial charge >= 0.3 is 0 Å². The van der Waals surface area contributed by atoms with Crippen LogP contribution in [0.4, 0.5) is 0 Å². The van der Waals surface area contributed by atoms with Gasteiger partial charge in [0.05, 0.1) is 19.8 Å². The minimum Gasteiger partial charge on any atom is -0.494 e. The van der Waals surface area contributed by atoms with Crippen LogP contribution in [0.5, 0.6) is 5.75 Å². The van der Waals surface area contributed by atoms with Crippen LogP contribution in [0.3, 0.4) is 0 Å². The summed E-state index contributed by atoms with van der Waals surface area (Å²) in [7, 11) is 0. The summed E-state index contributed by atoms with van der Waals surface area (Å²) in [5, 5.41) is 9.91. The minimum atomic E-state index is -1.30. The lowest BCUT2D eigenvalue weighted by molar-refractivity contribution is -0.143. The lowest BCUT2D eigenvalue weighted by Gasteiger charge is -2.37. The summed E-state index contributed by atoms with van der Waals surface area (Å²) in [6, 6.07) is 22.4. The summed E-state index contributed by atoms with van der Waals surface area (Å²) in [5.41, 5.74) is 1.00. The second kappa shape index (κ2) is 12.4. The molecule has 9 heteroatoms. The fourth-order valence-electron chi connectivity index (χ4n) is 4.91. The number of amides is 1. The van der Waals surface area contributed by atoms with E-state index in [2.05, 4.69) is 0 Å². The predicted molar refractivity (Wildman–Crippen MR) is 151 cm³/mol. The molecule has 1 saturated heterocycles. The molecule has 0 aromatic heterocycles. The maximum Gasteiger partial charge on any atom is 0.255 e. The Bertz CT molecular complexity index is 1310. The van der Waals surface area contributed by atoms with E-state index in [0.717, 1.165) is 5.56 Å². The molecule has 0 unspecified atom stereocenters. The van der Waals surface area contributed by atoms with Gasteiger partial charge in [0.2, 0.25) is 5.90 Å². The van der Waals surface area contributed by atoms with Gasteiger partial charge in [0, 0.05) is 53.7 Å². The quantitative estimate of drug-likeness (QED) is 0.363. The Morgan fingerprint density at radius 1 is 1.05 bits per heavy atom. The van der Waals surface area contributed by atoms with Gasteiger partial charge in [-0.1, -0.05) is 59.6 Å². The Morgan fingerprint density at radius 2 is 1.79 bits per heavy atom. The molecule has 0 saturated carbocycles. The average Bonchev–Trinajstić information content (AvgIpc) is 3.34. The van der Waals surface area contributed by atoms with E-state index in [0.29, 0.717) is 78.6 Å². The third-order valence-electron chi connectivity index (χ3n) is 6.87. The van der Waals surface area contributed by atoms with Gasteiger partial charge in [-0.2, -0.15) is 0 Å². The number of aliphatic hydroxyl groups is 1. The van der Waals surface area contributed by atoms with Crippen molar-refractivity contribution in [2.45, 2.75) is 24.5 Å². The summed E-state index contributed by atoms with van der Waals surface area (Å²) in [5.74, 6) is 0.887. The number of ether oxygens (including phenoxy) is 3. The number of halogens is 2. The van der Waals surface area contributed by atoms with Crippen LogP contribution in [0.25, 0.3) is 0 Å². The van der Waals surface area contributed by atoms with E-state index in [1.54, 1.807) is 23.1 Å². The van der Waals surface area contributed by atoms with E-state index in [1.807, 2.05) is 54.6 Å². The van der Waals surface area contributed by atoms with Gasteiger partial charge in [-0.3, -0.25) is 4.79 Å². The van der Waals surface area contributed by atoms with E-state index < -0.39 is 11.6 Å². The van der Waals surface area contributed by atoms with E-state index in [-0.39, 0.29) is 12.5 Å². The highest BCUT2D eigenvalue weighted by Crippen LogP contribution is 2.46. The number of benzene rings is 3. The Labute approximate surface area is 237 Å². The van der Waals surface area contributed by atoms with Gasteiger partial charge < -0.3 is 24.2 Å². The van der Waals surface area contributed by atoms with Crippen LogP contribution in [-0.4, -0.2) is 66.9 Å².